The number of hydrogen-bond donors (Lipinski definition) is 1. The van der Waals surface area contributed by atoms with Gasteiger partial charge in [0.2, 0.25) is 5.95 Å². The smallest absolute Gasteiger partial charge is 0.289 e. The maximum atomic E-state index is 12.3. The predicted octanol–water partition coefficient (Wildman–Crippen LogP) is 1.85. The predicted molar refractivity (Wildman–Crippen MR) is 87.6 cm³/mol. The number of carbonyl (C=O) groups is 1. The number of nitrogens with zero attached hydrogens (tertiary/aromatic N) is 4. The number of furan rings is 1. The van der Waals surface area contributed by atoms with Crippen molar-refractivity contribution in [2.24, 2.45) is 0 Å². The van der Waals surface area contributed by atoms with Gasteiger partial charge in [0, 0.05) is 38.4 Å². The Hall–Kier alpha value is -2.57. The summed E-state index contributed by atoms with van der Waals surface area (Å²) in [4.78, 5) is 25.0. The van der Waals surface area contributed by atoms with Crippen molar-refractivity contribution in [1.82, 2.24) is 14.9 Å². The molecule has 1 amide bonds. The molecular formula is C16H21N5O2. The largest absolute Gasteiger partial charge is 0.459 e. The van der Waals surface area contributed by atoms with E-state index in [1.54, 1.807) is 18.3 Å². The Balaban J connectivity index is 1.61. The quantitative estimate of drug-likeness (QED) is 0.928. The lowest BCUT2D eigenvalue weighted by atomic mass is 10.3. The van der Waals surface area contributed by atoms with Crippen molar-refractivity contribution in [3.63, 3.8) is 0 Å². The lowest BCUT2D eigenvalue weighted by Gasteiger charge is -2.35. The van der Waals surface area contributed by atoms with Gasteiger partial charge in [0.05, 0.1) is 6.26 Å². The van der Waals surface area contributed by atoms with E-state index in [9.17, 15) is 4.79 Å². The van der Waals surface area contributed by atoms with E-state index in [1.807, 2.05) is 11.0 Å². The molecule has 0 bridgehead atoms. The molecule has 0 unspecified atom stereocenters. The first kappa shape index (κ1) is 15.3. The minimum atomic E-state index is -0.0560. The summed E-state index contributed by atoms with van der Waals surface area (Å²) in [7, 11) is 0. The van der Waals surface area contributed by atoms with E-state index in [1.165, 1.54) is 6.26 Å². The Bertz CT molecular complexity index is 648. The first-order valence-corrected chi connectivity index (χ1v) is 7.81. The molecule has 0 aromatic carbocycles. The molecule has 2 aromatic heterocycles. The van der Waals surface area contributed by atoms with Gasteiger partial charge in [0.25, 0.3) is 5.91 Å². The van der Waals surface area contributed by atoms with Gasteiger partial charge in [-0.05, 0) is 32.0 Å². The first-order chi connectivity index (χ1) is 11.1. The highest BCUT2D eigenvalue weighted by Crippen LogP contribution is 2.16. The van der Waals surface area contributed by atoms with Crippen LogP contribution in [0.3, 0.4) is 0 Å². The van der Waals surface area contributed by atoms with Crippen LogP contribution in [0.1, 0.15) is 24.4 Å². The molecule has 1 saturated heterocycles. The Morgan fingerprint density at radius 1 is 1.26 bits per heavy atom. The fourth-order valence-electron chi connectivity index (χ4n) is 2.55. The van der Waals surface area contributed by atoms with Crippen molar-refractivity contribution in [3.8, 4) is 0 Å². The van der Waals surface area contributed by atoms with E-state index < -0.39 is 0 Å². The van der Waals surface area contributed by atoms with Gasteiger partial charge in [-0.1, -0.05) is 0 Å². The number of rotatable bonds is 4. The second-order valence-electron chi connectivity index (χ2n) is 5.79. The summed E-state index contributed by atoms with van der Waals surface area (Å²) in [6.07, 6.45) is 3.28. The average Bonchev–Trinajstić information content (AvgIpc) is 3.08. The molecule has 7 nitrogen and oxygen atoms in total. The molecule has 0 radical (unpaired) electrons. The summed E-state index contributed by atoms with van der Waals surface area (Å²) in [6.45, 7) is 6.88. The van der Waals surface area contributed by atoms with E-state index in [0.717, 1.165) is 18.9 Å². The Morgan fingerprint density at radius 2 is 2.04 bits per heavy atom. The lowest BCUT2D eigenvalue weighted by molar-refractivity contribution is 0.0714. The third-order valence-electron chi connectivity index (χ3n) is 3.68. The maximum Gasteiger partial charge on any atom is 0.289 e. The normalized spacial score (nSPS) is 15.1. The summed E-state index contributed by atoms with van der Waals surface area (Å²) < 4.78 is 5.18. The van der Waals surface area contributed by atoms with E-state index in [4.69, 9.17) is 4.42 Å². The highest BCUT2D eigenvalue weighted by atomic mass is 16.3. The Morgan fingerprint density at radius 3 is 2.70 bits per heavy atom. The molecule has 0 saturated carbocycles. The van der Waals surface area contributed by atoms with E-state index in [2.05, 4.69) is 34.0 Å². The number of anilines is 2. The zero-order valence-electron chi connectivity index (χ0n) is 13.4. The van der Waals surface area contributed by atoms with Crippen LogP contribution < -0.4 is 10.2 Å². The molecule has 1 N–H and O–H groups in total. The third-order valence-corrected chi connectivity index (χ3v) is 3.68. The van der Waals surface area contributed by atoms with Gasteiger partial charge in [-0.15, -0.1) is 0 Å². The van der Waals surface area contributed by atoms with Gasteiger partial charge in [0.1, 0.15) is 5.82 Å². The van der Waals surface area contributed by atoms with Gasteiger partial charge >= 0.3 is 0 Å². The summed E-state index contributed by atoms with van der Waals surface area (Å²) >= 11 is 0. The molecule has 1 aliphatic rings. The maximum absolute atomic E-state index is 12.3. The van der Waals surface area contributed by atoms with Crippen LogP contribution in [0.4, 0.5) is 11.8 Å². The van der Waals surface area contributed by atoms with Gasteiger partial charge in [-0.25, -0.2) is 4.98 Å². The molecule has 7 heteroatoms. The average molecular weight is 315 g/mol. The van der Waals surface area contributed by atoms with Crippen molar-refractivity contribution < 1.29 is 9.21 Å². The van der Waals surface area contributed by atoms with Crippen molar-refractivity contribution in [3.05, 3.63) is 36.4 Å². The van der Waals surface area contributed by atoms with Gasteiger partial charge in [-0.3, -0.25) is 4.79 Å². The van der Waals surface area contributed by atoms with Gasteiger partial charge < -0.3 is 19.5 Å². The van der Waals surface area contributed by atoms with Crippen LogP contribution in [0.25, 0.3) is 0 Å². The van der Waals surface area contributed by atoms with E-state index in [-0.39, 0.29) is 11.9 Å². The molecule has 3 heterocycles. The standard InChI is InChI=1S/C16H21N5O2/c1-12(2)18-16-17-6-5-14(19-16)20-7-9-21(10-8-20)15(22)13-4-3-11-23-13/h3-6,11-12H,7-10H2,1-2H3,(H,17,18,19). The Kier molecular flexibility index (Phi) is 4.45. The molecule has 0 atom stereocenters. The summed E-state index contributed by atoms with van der Waals surface area (Å²) in [5.74, 6) is 1.85. The fraction of sp³-hybridized carbons (Fsp3) is 0.438. The van der Waals surface area contributed by atoms with Crippen molar-refractivity contribution in [1.29, 1.82) is 0 Å². The molecule has 122 valence electrons. The second kappa shape index (κ2) is 6.68. The molecule has 0 spiro atoms. The van der Waals surface area contributed by atoms with Crippen LogP contribution in [-0.4, -0.2) is 53.0 Å². The first-order valence-electron chi connectivity index (χ1n) is 7.81. The molecule has 23 heavy (non-hydrogen) atoms. The fourth-order valence-corrected chi connectivity index (χ4v) is 2.55. The molecule has 1 aliphatic heterocycles. The number of piperazine rings is 1. The van der Waals surface area contributed by atoms with E-state index in [0.29, 0.717) is 24.8 Å². The van der Waals surface area contributed by atoms with E-state index >= 15 is 0 Å². The highest BCUT2D eigenvalue weighted by molar-refractivity contribution is 5.91. The van der Waals surface area contributed by atoms with Crippen LogP contribution in [0.15, 0.2) is 35.1 Å². The van der Waals surface area contributed by atoms with Crippen LogP contribution >= 0.6 is 0 Å². The van der Waals surface area contributed by atoms with Crippen molar-refractivity contribution >= 4 is 17.7 Å². The molecule has 3 rings (SSSR count). The lowest BCUT2D eigenvalue weighted by Crippen LogP contribution is -2.49. The van der Waals surface area contributed by atoms with Crippen LogP contribution in [0, 0.1) is 0 Å². The third kappa shape index (κ3) is 3.61. The zero-order chi connectivity index (χ0) is 16.2. The monoisotopic (exact) mass is 315 g/mol. The van der Waals surface area contributed by atoms with Gasteiger partial charge in [-0.2, -0.15) is 4.98 Å². The van der Waals surface area contributed by atoms with Crippen LogP contribution in [0.5, 0.6) is 0 Å². The Labute approximate surface area is 135 Å². The summed E-state index contributed by atoms with van der Waals surface area (Å²) in [5, 5.41) is 3.20. The van der Waals surface area contributed by atoms with Crippen LogP contribution in [-0.2, 0) is 0 Å². The minimum absolute atomic E-state index is 0.0560. The SMILES string of the molecule is CC(C)Nc1nccc(N2CCN(C(=O)c3ccco3)CC2)n1. The van der Waals surface area contributed by atoms with Crippen LogP contribution in [0.2, 0.25) is 0 Å². The summed E-state index contributed by atoms with van der Waals surface area (Å²) in [6, 6.07) is 5.61. The highest BCUT2D eigenvalue weighted by Gasteiger charge is 2.24. The molecule has 1 fully saturated rings. The van der Waals surface area contributed by atoms with Crippen molar-refractivity contribution in [2.45, 2.75) is 19.9 Å². The number of aromatic nitrogens is 2. The topological polar surface area (TPSA) is 74.5 Å². The minimum Gasteiger partial charge on any atom is -0.459 e. The number of amides is 1. The molecular weight excluding hydrogens is 294 g/mol. The number of nitrogens with one attached hydrogen (secondary N) is 1. The summed E-state index contributed by atoms with van der Waals surface area (Å²) in [5.41, 5.74) is 0. The number of hydrogen-bond acceptors (Lipinski definition) is 6. The molecule has 2 aromatic rings. The number of carbonyl (C=O) groups excluding carboxylic acids is 1. The second-order valence-corrected chi connectivity index (χ2v) is 5.79. The van der Waals surface area contributed by atoms with Crippen molar-refractivity contribution in [2.75, 3.05) is 36.4 Å². The zero-order valence-corrected chi connectivity index (χ0v) is 13.4. The van der Waals surface area contributed by atoms with Gasteiger partial charge in [0.15, 0.2) is 5.76 Å². The molecule has 0 aliphatic carbocycles.